The van der Waals surface area contributed by atoms with Gasteiger partial charge in [0.15, 0.2) is 0 Å². The van der Waals surface area contributed by atoms with Crippen molar-refractivity contribution < 1.29 is 0 Å². The Hall–Kier alpha value is -1.32. The van der Waals surface area contributed by atoms with Crippen LogP contribution in [0.1, 0.15) is 33.3 Å². The van der Waals surface area contributed by atoms with Crippen molar-refractivity contribution in [1.29, 1.82) is 0 Å². The van der Waals surface area contributed by atoms with E-state index in [1.807, 2.05) is 0 Å². The molecule has 0 saturated heterocycles. The molecule has 0 saturated carbocycles. The minimum Gasteiger partial charge on any atom is -0.361 e. The Balaban J connectivity index is 1.88. The van der Waals surface area contributed by atoms with Gasteiger partial charge in [0.25, 0.3) is 0 Å². The van der Waals surface area contributed by atoms with E-state index >= 15 is 0 Å². The predicted molar refractivity (Wildman–Crippen MR) is 82.4 cm³/mol. The molecule has 0 radical (unpaired) electrons. The van der Waals surface area contributed by atoms with Crippen molar-refractivity contribution in [1.82, 2.24) is 15.6 Å². The van der Waals surface area contributed by atoms with E-state index in [4.69, 9.17) is 0 Å². The van der Waals surface area contributed by atoms with Gasteiger partial charge < -0.3 is 15.6 Å². The van der Waals surface area contributed by atoms with Gasteiger partial charge in [-0.2, -0.15) is 0 Å². The summed E-state index contributed by atoms with van der Waals surface area (Å²) >= 11 is 0. The molecule has 0 fully saturated rings. The number of hydrogen-bond acceptors (Lipinski definition) is 2. The minimum absolute atomic E-state index is 0.177. The molecular weight excluding hydrogens is 234 g/mol. The zero-order valence-electron chi connectivity index (χ0n) is 12.4. The minimum atomic E-state index is 0.177. The molecule has 2 aromatic rings. The van der Waals surface area contributed by atoms with Gasteiger partial charge in [-0.05, 0) is 39.3 Å². The molecule has 1 unspecified atom stereocenters. The van der Waals surface area contributed by atoms with Crippen molar-refractivity contribution in [2.24, 2.45) is 0 Å². The van der Waals surface area contributed by atoms with Gasteiger partial charge in [0.05, 0.1) is 0 Å². The van der Waals surface area contributed by atoms with Crippen LogP contribution in [-0.2, 0) is 6.54 Å². The number of benzene rings is 1. The van der Waals surface area contributed by atoms with Gasteiger partial charge in [-0.25, -0.2) is 0 Å². The van der Waals surface area contributed by atoms with Crippen LogP contribution in [0.3, 0.4) is 0 Å². The average molecular weight is 259 g/mol. The number of aromatic nitrogens is 1. The monoisotopic (exact) mass is 259 g/mol. The van der Waals surface area contributed by atoms with Gasteiger partial charge in [-0.3, -0.25) is 0 Å². The molecule has 0 aliphatic heterocycles. The topological polar surface area (TPSA) is 39.8 Å². The molecule has 0 amide bonds. The summed E-state index contributed by atoms with van der Waals surface area (Å²) in [7, 11) is 0. The van der Waals surface area contributed by atoms with Crippen LogP contribution < -0.4 is 10.6 Å². The van der Waals surface area contributed by atoms with Gasteiger partial charge in [0, 0.05) is 41.8 Å². The number of nitrogens with one attached hydrogen (secondary N) is 3. The van der Waals surface area contributed by atoms with E-state index in [1.165, 1.54) is 16.5 Å². The normalized spacial score (nSPS) is 13.9. The molecule has 19 heavy (non-hydrogen) atoms. The Bertz CT molecular complexity index is 522. The highest BCUT2D eigenvalue weighted by atomic mass is 15.0. The van der Waals surface area contributed by atoms with Crippen molar-refractivity contribution in [2.75, 3.05) is 6.54 Å². The Kier molecular flexibility index (Phi) is 4.27. The summed E-state index contributed by atoms with van der Waals surface area (Å²) in [6.45, 7) is 10.7. The zero-order valence-corrected chi connectivity index (χ0v) is 12.4. The SMILES string of the molecule is CC(CNC(C)(C)C)NCc1c[nH]c2ccccc12. The first-order chi connectivity index (χ1) is 8.96. The molecule has 1 aromatic carbocycles. The molecule has 1 aromatic heterocycles. The number of fused-ring (bicyclic) bond motifs is 1. The number of H-pyrrole nitrogens is 1. The maximum Gasteiger partial charge on any atom is 0.0457 e. The molecule has 3 heteroatoms. The lowest BCUT2D eigenvalue weighted by Gasteiger charge is -2.24. The Morgan fingerprint density at radius 2 is 1.95 bits per heavy atom. The second-order valence-electron chi connectivity index (χ2n) is 6.27. The maximum atomic E-state index is 3.57. The number of para-hydroxylation sites is 1. The van der Waals surface area contributed by atoms with E-state index in [9.17, 15) is 0 Å². The van der Waals surface area contributed by atoms with Crippen molar-refractivity contribution in [3.05, 3.63) is 36.0 Å². The fourth-order valence-corrected chi connectivity index (χ4v) is 2.09. The lowest BCUT2D eigenvalue weighted by Crippen LogP contribution is -2.44. The summed E-state index contributed by atoms with van der Waals surface area (Å²) < 4.78 is 0. The average Bonchev–Trinajstić information content (AvgIpc) is 2.76. The molecule has 3 nitrogen and oxygen atoms in total. The quantitative estimate of drug-likeness (QED) is 0.772. The molecule has 1 heterocycles. The van der Waals surface area contributed by atoms with Crippen molar-refractivity contribution in [3.8, 4) is 0 Å². The lowest BCUT2D eigenvalue weighted by atomic mass is 10.1. The number of hydrogen-bond donors (Lipinski definition) is 3. The van der Waals surface area contributed by atoms with Crippen LogP contribution in [-0.4, -0.2) is 23.1 Å². The Morgan fingerprint density at radius 3 is 2.68 bits per heavy atom. The summed E-state index contributed by atoms with van der Waals surface area (Å²) in [5.74, 6) is 0. The van der Waals surface area contributed by atoms with Crippen LogP contribution in [0.2, 0.25) is 0 Å². The number of aromatic amines is 1. The van der Waals surface area contributed by atoms with Gasteiger partial charge in [-0.15, -0.1) is 0 Å². The molecule has 2 rings (SSSR count). The van der Waals surface area contributed by atoms with Gasteiger partial charge in [0.2, 0.25) is 0 Å². The second kappa shape index (κ2) is 5.76. The standard InChI is InChI=1S/C16H25N3/c1-12(9-19-16(2,3)4)17-10-13-11-18-15-8-6-5-7-14(13)15/h5-8,11-12,17-19H,9-10H2,1-4H3. The van der Waals surface area contributed by atoms with Crippen LogP contribution in [0.4, 0.5) is 0 Å². The first kappa shape index (κ1) is 14.1. The molecule has 0 spiro atoms. The zero-order chi connectivity index (χ0) is 13.9. The van der Waals surface area contributed by atoms with Crippen LogP contribution in [0.25, 0.3) is 10.9 Å². The summed E-state index contributed by atoms with van der Waals surface area (Å²) in [4.78, 5) is 3.31. The van der Waals surface area contributed by atoms with Crippen molar-refractivity contribution in [3.63, 3.8) is 0 Å². The van der Waals surface area contributed by atoms with Crippen LogP contribution in [0, 0.1) is 0 Å². The first-order valence-electron chi connectivity index (χ1n) is 6.99. The third-order valence-electron chi connectivity index (χ3n) is 3.25. The summed E-state index contributed by atoms with van der Waals surface area (Å²) in [6.07, 6.45) is 2.10. The smallest absolute Gasteiger partial charge is 0.0457 e. The van der Waals surface area contributed by atoms with Crippen LogP contribution >= 0.6 is 0 Å². The Morgan fingerprint density at radius 1 is 1.21 bits per heavy atom. The predicted octanol–water partition coefficient (Wildman–Crippen LogP) is 3.03. The molecular formula is C16H25N3. The van der Waals surface area contributed by atoms with Gasteiger partial charge in [-0.1, -0.05) is 18.2 Å². The Labute approximate surface area is 115 Å². The highest BCUT2D eigenvalue weighted by molar-refractivity contribution is 5.82. The molecule has 1 atom stereocenters. The number of rotatable bonds is 5. The first-order valence-corrected chi connectivity index (χ1v) is 6.99. The second-order valence-corrected chi connectivity index (χ2v) is 6.27. The molecule has 0 aliphatic carbocycles. The fourth-order valence-electron chi connectivity index (χ4n) is 2.09. The van der Waals surface area contributed by atoms with Gasteiger partial charge >= 0.3 is 0 Å². The highest BCUT2D eigenvalue weighted by Gasteiger charge is 2.11. The molecule has 104 valence electrons. The summed E-state index contributed by atoms with van der Waals surface area (Å²) in [5.41, 5.74) is 2.72. The van der Waals surface area contributed by atoms with E-state index in [0.29, 0.717) is 6.04 Å². The van der Waals surface area contributed by atoms with Gasteiger partial charge in [0.1, 0.15) is 0 Å². The van der Waals surface area contributed by atoms with E-state index in [-0.39, 0.29) is 5.54 Å². The molecule has 0 bridgehead atoms. The van der Waals surface area contributed by atoms with E-state index in [1.54, 1.807) is 0 Å². The summed E-state index contributed by atoms with van der Waals surface area (Å²) in [6, 6.07) is 8.88. The molecule has 3 N–H and O–H groups in total. The lowest BCUT2D eigenvalue weighted by molar-refractivity contribution is 0.387. The van der Waals surface area contributed by atoms with Crippen LogP contribution in [0.5, 0.6) is 0 Å². The summed E-state index contributed by atoms with van der Waals surface area (Å²) in [5, 5.41) is 8.40. The molecule has 0 aliphatic rings. The third kappa shape index (κ3) is 4.08. The largest absolute Gasteiger partial charge is 0.361 e. The van der Waals surface area contributed by atoms with Crippen molar-refractivity contribution in [2.45, 2.75) is 45.8 Å². The van der Waals surface area contributed by atoms with E-state index in [2.05, 4.69) is 73.8 Å². The highest BCUT2D eigenvalue weighted by Crippen LogP contribution is 2.17. The van der Waals surface area contributed by atoms with E-state index in [0.717, 1.165) is 13.1 Å². The maximum absolute atomic E-state index is 3.57. The fraction of sp³-hybridized carbons (Fsp3) is 0.500. The van der Waals surface area contributed by atoms with Crippen LogP contribution in [0.15, 0.2) is 30.5 Å². The van der Waals surface area contributed by atoms with E-state index < -0.39 is 0 Å². The third-order valence-corrected chi connectivity index (χ3v) is 3.25. The van der Waals surface area contributed by atoms with Crippen molar-refractivity contribution >= 4 is 10.9 Å².